The zero-order valence-electron chi connectivity index (χ0n) is 12.0. The Bertz CT molecular complexity index is 296. The van der Waals surface area contributed by atoms with Gasteiger partial charge in [0.1, 0.15) is 6.61 Å². The lowest BCUT2D eigenvalue weighted by Crippen LogP contribution is -2.38. The molecule has 0 atom stereocenters. The van der Waals surface area contributed by atoms with Gasteiger partial charge in [0.15, 0.2) is 0 Å². The summed E-state index contributed by atoms with van der Waals surface area (Å²) in [6, 6.07) is 0. The minimum atomic E-state index is 0.326. The molecule has 110 valence electrons. The second-order valence-corrected chi connectivity index (χ2v) is 7.00. The summed E-state index contributed by atoms with van der Waals surface area (Å²) in [5, 5.41) is 3.88. The third-order valence-corrected chi connectivity index (χ3v) is 4.40. The predicted octanol–water partition coefficient (Wildman–Crippen LogP) is 3.39. The first-order valence-corrected chi connectivity index (χ1v) is 8.39. The Morgan fingerprint density at radius 3 is 2.58 bits per heavy atom. The first-order chi connectivity index (χ1) is 9.09. The van der Waals surface area contributed by atoms with Gasteiger partial charge in [0, 0.05) is 23.4 Å². The van der Waals surface area contributed by atoms with Crippen LogP contribution < -0.4 is 0 Å². The van der Waals surface area contributed by atoms with Gasteiger partial charge in [-0.3, -0.25) is 4.79 Å². The number of carbonyl (C=O) groups excluding carboxylic acids is 1. The van der Waals surface area contributed by atoms with E-state index in [9.17, 15) is 4.79 Å². The molecule has 1 rings (SSSR count). The Hall–Kier alpha value is -0.330. The molecule has 0 aliphatic carbocycles. The van der Waals surface area contributed by atoms with Crippen LogP contribution in [-0.4, -0.2) is 40.1 Å². The molecule has 1 saturated heterocycles. The summed E-state index contributed by atoms with van der Waals surface area (Å²) in [6.45, 7) is 6.37. The van der Waals surface area contributed by atoms with E-state index in [2.05, 4.69) is 27.7 Å². The molecule has 5 heteroatoms. The van der Waals surface area contributed by atoms with Crippen molar-refractivity contribution in [2.24, 2.45) is 5.16 Å². The van der Waals surface area contributed by atoms with Gasteiger partial charge in [-0.1, -0.05) is 27.7 Å². The van der Waals surface area contributed by atoms with E-state index in [-0.39, 0.29) is 0 Å². The highest BCUT2D eigenvalue weighted by Crippen LogP contribution is 2.18. The Morgan fingerprint density at radius 2 is 1.95 bits per heavy atom. The van der Waals surface area contributed by atoms with Gasteiger partial charge in [-0.15, -0.1) is 0 Å². The van der Waals surface area contributed by atoms with Crippen LogP contribution in [0.4, 0.5) is 0 Å². The number of alkyl halides is 1. The number of hydrogen-bond acceptors (Lipinski definition) is 3. The summed E-state index contributed by atoms with van der Waals surface area (Å²) in [4.78, 5) is 19.1. The average Bonchev–Trinajstić information content (AvgIpc) is 2.38. The van der Waals surface area contributed by atoms with Gasteiger partial charge in [-0.05, 0) is 46.0 Å². The van der Waals surface area contributed by atoms with Crippen molar-refractivity contribution in [2.75, 3.05) is 19.7 Å². The van der Waals surface area contributed by atoms with Gasteiger partial charge in [-0.25, -0.2) is 0 Å². The molecule has 1 aliphatic rings. The zero-order valence-corrected chi connectivity index (χ0v) is 14.2. The van der Waals surface area contributed by atoms with Crippen LogP contribution in [0.1, 0.15) is 52.4 Å². The number of amides is 1. The highest BCUT2D eigenvalue weighted by molar-refractivity contribution is 14.1. The molecule has 19 heavy (non-hydrogen) atoms. The second-order valence-electron chi connectivity index (χ2n) is 5.24. The van der Waals surface area contributed by atoms with Gasteiger partial charge in [0.25, 0.3) is 0 Å². The first-order valence-electron chi connectivity index (χ1n) is 7.14. The Morgan fingerprint density at radius 1 is 1.26 bits per heavy atom. The lowest BCUT2D eigenvalue weighted by molar-refractivity contribution is -0.132. The minimum absolute atomic E-state index is 0.326. The fourth-order valence-corrected chi connectivity index (χ4v) is 2.61. The molecule has 1 fully saturated rings. The van der Waals surface area contributed by atoms with Crippen molar-refractivity contribution in [2.45, 2.75) is 56.3 Å². The molecule has 1 aliphatic heterocycles. The van der Waals surface area contributed by atoms with Crippen LogP contribution in [0.5, 0.6) is 0 Å². The summed E-state index contributed by atoms with van der Waals surface area (Å²) in [5.74, 6) is 0.326. The number of likely N-dealkylation sites (tertiary alicyclic amines) is 1. The third-order valence-electron chi connectivity index (χ3n) is 3.15. The van der Waals surface area contributed by atoms with Gasteiger partial charge in [0.05, 0.1) is 5.71 Å². The van der Waals surface area contributed by atoms with E-state index in [0.29, 0.717) is 18.9 Å². The second kappa shape index (κ2) is 9.55. The van der Waals surface area contributed by atoms with Crippen LogP contribution in [0.25, 0.3) is 0 Å². The largest absolute Gasteiger partial charge is 0.396 e. The lowest BCUT2D eigenvalue weighted by Gasteiger charge is -2.29. The van der Waals surface area contributed by atoms with Crippen molar-refractivity contribution < 1.29 is 9.63 Å². The molecule has 0 aromatic heterocycles. The molecule has 0 bridgehead atoms. The fraction of sp³-hybridized carbons (Fsp3) is 0.857. The number of nitrogens with zero attached hydrogens (tertiary/aromatic N) is 2. The van der Waals surface area contributed by atoms with E-state index in [0.717, 1.165) is 54.8 Å². The number of piperidine rings is 1. The standard InChI is InChI=1S/C14H25IN2O2/c1-12(2)16-19-11-5-3-4-6-14(18)17-9-7-13(15)8-10-17/h13H,3-11H2,1-2H3. The maximum Gasteiger partial charge on any atom is 0.222 e. The van der Waals surface area contributed by atoms with Crippen molar-refractivity contribution >= 4 is 34.2 Å². The Labute approximate surface area is 130 Å². The van der Waals surface area contributed by atoms with Crippen molar-refractivity contribution in [3.8, 4) is 0 Å². The first kappa shape index (κ1) is 16.7. The van der Waals surface area contributed by atoms with E-state index < -0.39 is 0 Å². The van der Waals surface area contributed by atoms with Crippen LogP contribution >= 0.6 is 22.6 Å². The fourth-order valence-electron chi connectivity index (χ4n) is 2.05. The Balaban J connectivity index is 2.00. The molecule has 1 heterocycles. The number of unbranched alkanes of at least 4 members (excludes halogenated alkanes) is 2. The van der Waals surface area contributed by atoms with Crippen molar-refractivity contribution in [1.29, 1.82) is 0 Å². The Kier molecular flexibility index (Phi) is 8.41. The normalized spacial score (nSPS) is 16.3. The molecule has 0 N–H and O–H groups in total. The summed E-state index contributed by atoms with van der Waals surface area (Å²) in [7, 11) is 0. The molecular formula is C14H25IN2O2. The number of rotatable bonds is 7. The monoisotopic (exact) mass is 380 g/mol. The molecule has 4 nitrogen and oxygen atoms in total. The van der Waals surface area contributed by atoms with E-state index >= 15 is 0 Å². The van der Waals surface area contributed by atoms with E-state index in [1.807, 2.05) is 18.7 Å². The van der Waals surface area contributed by atoms with Gasteiger partial charge >= 0.3 is 0 Å². The number of halogens is 1. The van der Waals surface area contributed by atoms with Crippen LogP contribution in [0.15, 0.2) is 5.16 Å². The highest BCUT2D eigenvalue weighted by atomic mass is 127. The number of carbonyl (C=O) groups is 1. The van der Waals surface area contributed by atoms with Gasteiger partial charge in [0.2, 0.25) is 5.91 Å². The van der Waals surface area contributed by atoms with Crippen LogP contribution in [0.3, 0.4) is 0 Å². The zero-order chi connectivity index (χ0) is 14.1. The minimum Gasteiger partial charge on any atom is -0.396 e. The van der Waals surface area contributed by atoms with Crippen molar-refractivity contribution in [3.63, 3.8) is 0 Å². The van der Waals surface area contributed by atoms with E-state index in [1.54, 1.807) is 0 Å². The molecule has 0 aromatic rings. The topological polar surface area (TPSA) is 41.9 Å². The maximum atomic E-state index is 12.0. The summed E-state index contributed by atoms with van der Waals surface area (Å²) in [6.07, 6.45) is 5.94. The third kappa shape index (κ3) is 7.74. The quantitative estimate of drug-likeness (QED) is 0.223. The van der Waals surface area contributed by atoms with Crippen LogP contribution in [0.2, 0.25) is 0 Å². The molecular weight excluding hydrogens is 355 g/mol. The lowest BCUT2D eigenvalue weighted by atomic mass is 10.1. The molecule has 0 spiro atoms. The van der Waals surface area contributed by atoms with E-state index in [4.69, 9.17) is 4.84 Å². The molecule has 0 radical (unpaired) electrons. The summed E-state index contributed by atoms with van der Waals surface area (Å²) >= 11 is 2.48. The predicted molar refractivity (Wildman–Crippen MR) is 86.8 cm³/mol. The molecule has 0 aromatic carbocycles. The molecule has 1 amide bonds. The number of oxime groups is 1. The van der Waals surface area contributed by atoms with E-state index in [1.165, 1.54) is 0 Å². The summed E-state index contributed by atoms with van der Waals surface area (Å²) < 4.78 is 0.751. The SMILES string of the molecule is CC(C)=NOCCCCCC(=O)N1CCC(I)CC1. The average molecular weight is 380 g/mol. The van der Waals surface area contributed by atoms with Gasteiger partial charge < -0.3 is 9.74 Å². The van der Waals surface area contributed by atoms with Crippen LogP contribution in [0, 0.1) is 0 Å². The number of hydrogen-bond donors (Lipinski definition) is 0. The maximum absolute atomic E-state index is 12.0. The smallest absolute Gasteiger partial charge is 0.222 e. The van der Waals surface area contributed by atoms with Crippen molar-refractivity contribution in [3.05, 3.63) is 0 Å². The van der Waals surface area contributed by atoms with Crippen molar-refractivity contribution in [1.82, 2.24) is 4.90 Å². The highest BCUT2D eigenvalue weighted by Gasteiger charge is 2.20. The molecule has 0 unspecified atom stereocenters. The van der Waals surface area contributed by atoms with Gasteiger partial charge in [-0.2, -0.15) is 0 Å². The van der Waals surface area contributed by atoms with Crippen LogP contribution in [-0.2, 0) is 9.63 Å². The molecule has 0 saturated carbocycles. The summed E-state index contributed by atoms with van der Waals surface area (Å²) in [5.41, 5.74) is 0.939.